The topological polar surface area (TPSA) is 32.8 Å². The summed E-state index contributed by atoms with van der Waals surface area (Å²) in [6.07, 6.45) is 10.4. The zero-order valence-corrected chi connectivity index (χ0v) is 12.5. The first kappa shape index (κ1) is 15.7. The third kappa shape index (κ3) is 4.10. The third-order valence-corrected chi connectivity index (χ3v) is 4.25. The second kappa shape index (κ2) is 7.30. The summed E-state index contributed by atoms with van der Waals surface area (Å²) < 4.78 is 5.76. The van der Waals surface area contributed by atoms with Crippen LogP contribution in [0.15, 0.2) is 11.6 Å². The minimum Gasteiger partial charge on any atom is -0.400 e. The smallest absolute Gasteiger partial charge is 0.0981 e. The summed E-state index contributed by atoms with van der Waals surface area (Å²) in [5, 5.41) is 7.00. The van der Waals surface area contributed by atoms with Crippen molar-refractivity contribution in [3.05, 3.63) is 11.6 Å². The first-order chi connectivity index (χ1) is 8.64. The Morgan fingerprint density at radius 1 is 1.39 bits per heavy atom. The molecule has 2 aliphatic rings. The van der Waals surface area contributed by atoms with Gasteiger partial charge in [-0.3, -0.25) is 0 Å². The van der Waals surface area contributed by atoms with Crippen LogP contribution in [0.25, 0.3) is 0 Å². The molecule has 0 bridgehead atoms. The molecule has 2 heteroatoms. The molecule has 2 nitrogen and oxygen atoms in total. The Hall–Kier alpha value is -0.340. The van der Waals surface area contributed by atoms with E-state index in [1.165, 1.54) is 38.5 Å². The molecule has 0 radical (unpaired) electrons. The fraction of sp³-hybridized carbons (Fsp3) is 0.875. The van der Waals surface area contributed by atoms with Gasteiger partial charge in [-0.2, -0.15) is 0 Å². The van der Waals surface area contributed by atoms with Gasteiger partial charge in [0.2, 0.25) is 0 Å². The number of hydrogen-bond donors (Lipinski definition) is 1. The number of epoxide rings is 1. The minimum absolute atomic E-state index is 0.288. The monoisotopic (exact) mass is 254 g/mol. The number of allylic oxidation sites excluding steroid dienone is 1. The van der Waals surface area contributed by atoms with E-state index in [0.717, 1.165) is 25.6 Å². The van der Waals surface area contributed by atoms with E-state index in [1.54, 1.807) is 5.57 Å². The first-order valence-corrected chi connectivity index (χ1v) is 7.39. The van der Waals surface area contributed by atoms with E-state index in [1.807, 2.05) is 0 Å². The van der Waals surface area contributed by atoms with Crippen molar-refractivity contribution >= 4 is 0 Å². The normalized spacial score (nSPS) is 31.2. The van der Waals surface area contributed by atoms with Crippen molar-refractivity contribution in [2.75, 3.05) is 13.7 Å². The zero-order valence-electron chi connectivity index (χ0n) is 12.5. The number of aliphatic hydroxyl groups is 1. The molecule has 1 aliphatic heterocycles. The van der Waals surface area contributed by atoms with E-state index in [2.05, 4.69) is 26.8 Å². The molecule has 1 aliphatic carbocycles. The molecule has 0 amide bonds. The Morgan fingerprint density at radius 3 is 2.61 bits per heavy atom. The standard InChI is InChI=1S/C15H26O.CH4O/c1-12(2)7-6-8-13(3)14-9-4-5-10-15(14)11-16-15;1-2/h8,12,14H,4-7,9-11H2,1-3H3;2H,1H3/b13-8+;. The van der Waals surface area contributed by atoms with E-state index < -0.39 is 0 Å². The molecule has 0 aromatic heterocycles. The van der Waals surface area contributed by atoms with Gasteiger partial charge in [-0.15, -0.1) is 0 Å². The Morgan fingerprint density at radius 2 is 2.06 bits per heavy atom. The van der Waals surface area contributed by atoms with Gasteiger partial charge in [-0.25, -0.2) is 0 Å². The molecule has 2 unspecified atom stereocenters. The number of rotatable bonds is 4. The number of aliphatic hydroxyl groups excluding tert-OH is 1. The van der Waals surface area contributed by atoms with Gasteiger partial charge < -0.3 is 9.84 Å². The van der Waals surface area contributed by atoms with Gasteiger partial charge in [-0.05, 0) is 38.5 Å². The van der Waals surface area contributed by atoms with Crippen LogP contribution in [-0.4, -0.2) is 24.4 Å². The van der Waals surface area contributed by atoms with Crippen LogP contribution in [0.4, 0.5) is 0 Å². The molecule has 1 saturated heterocycles. The van der Waals surface area contributed by atoms with E-state index in [9.17, 15) is 0 Å². The van der Waals surface area contributed by atoms with Crippen LogP contribution < -0.4 is 0 Å². The summed E-state index contributed by atoms with van der Waals surface area (Å²) in [7, 11) is 1.00. The summed E-state index contributed by atoms with van der Waals surface area (Å²) in [5.74, 6) is 1.55. The minimum atomic E-state index is 0.288. The van der Waals surface area contributed by atoms with Crippen LogP contribution in [0, 0.1) is 11.8 Å². The summed E-state index contributed by atoms with van der Waals surface area (Å²) in [5.41, 5.74) is 1.88. The molecular formula is C16H30O2. The fourth-order valence-corrected chi connectivity index (χ4v) is 3.08. The largest absolute Gasteiger partial charge is 0.400 e. The lowest BCUT2D eigenvalue weighted by Crippen LogP contribution is -2.29. The lowest BCUT2D eigenvalue weighted by Gasteiger charge is -2.29. The summed E-state index contributed by atoms with van der Waals surface area (Å²) in [4.78, 5) is 0. The molecule has 0 aromatic carbocycles. The van der Waals surface area contributed by atoms with Crippen LogP contribution in [0.5, 0.6) is 0 Å². The molecule has 2 rings (SSSR count). The van der Waals surface area contributed by atoms with Crippen LogP contribution in [0.3, 0.4) is 0 Å². The maximum absolute atomic E-state index is 7.00. The van der Waals surface area contributed by atoms with Crippen molar-refractivity contribution in [3.8, 4) is 0 Å². The number of ether oxygens (including phenoxy) is 1. The average molecular weight is 254 g/mol. The van der Waals surface area contributed by atoms with Gasteiger partial charge in [0, 0.05) is 13.0 Å². The highest BCUT2D eigenvalue weighted by Crippen LogP contribution is 2.49. The molecule has 1 heterocycles. The molecule has 1 spiro atoms. The molecule has 1 N–H and O–H groups in total. The van der Waals surface area contributed by atoms with E-state index >= 15 is 0 Å². The maximum Gasteiger partial charge on any atom is 0.0981 e. The molecule has 2 fully saturated rings. The van der Waals surface area contributed by atoms with Gasteiger partial charge in [0.05, 0.1) is 12.2 Å². The molecule has 0 aromatic rings. The molecule has 2 atom stereocenters. The average Bonchev–Trinajstić information content (AvgIpc) is 3.12. The molecule has 106 valence electrons. The second-order valence-electron chi connectivity index (χ2n) is 6.07. The van der Waals surface area contributed by atoms with Crippen LogP contribution in [-0.2, 0) is 4.74 Å². The Balaban J connectivity index is 0.000000771. The van der Waals surface area contributed by atoms with Crippen molar-refractivity contribution in [3.63, 3.8) is 0 Å². The predicted molar refractivity (Wildman–Crippen MR) is 76.6 cm³/mol. The van der Waals surface area contributed by atoms with Crippen molar-refractivity contribution in [2.45, 2.75) is 64.9 Å². The fourth-order valence-electron chi connectivity index (χ4n) is 3.08. The third-order valence-electron chi connectivity index (χ3n) is 4.25. The van der Waals surface area contributed by atoms with E-state index in [0.29, 0.717) is 0 Å². The summed E-state index contributed by atoms with van der Waals surface area (Å²) in [6, 6.07) is 0. The van der Waals surface area contributed by atoms with Gasteiger partial charge in [0.1, 0.15) is 0 Å². The van der Waals surface area contributed by atoms with Gasteiger partial charge in [0.25, 0.3) is 0 Å². The lowest BCUT2D eigenvalue weighted by atomic mass is 9.75. The number of hydrogen-bond acceptors (Lipinski definition) is 2. The summed E-state index contributed by atoms with van der Waals surface area (Å²) >= 11 is 0. The highest BCUT2D eigenvalue weighted by Gasteiger charge is 2.52. The van der Waals surface area contributed by atoms with Gasteiger partial charge in [-0.1, -0.05) is 38.3 Å². The van der Waals surface area contributed by atoms with Crippen molar-refractivity contribution in [2.24, 2.45) is 11.8 Å². The molecular weight excluding hydrogens is 224 g/mol. The van der Waals surface area contributed by atoms with E-state index in [4.69, 9.17) is 9.84 Å². The zero-order chi connectivity index (χ0) is 13.6. The predicted octanol–water partition coefficient (Wildman–Crippen LogP) is 3.94. The van der Waals surface area contributed by atoms with Crippen LogP contribution in [0.1, 0.15) is 59.3 Å². The Kier molecular flexibility index (Phi) is 6.37. The summed E-state index contributed by atoms with van der Waals surface area (Å²) in [6.45, 7) is 7.94. The van der Waals surface area contributed by atoms with Gasteiger partial charge in [0.15, 0.2) is 0 Å². The van der Waals surface area contributed by atoms with Crippen molar-refractivity contribution in [1.82, 2.24) is 0 Å². The lowest BCUT2D eigenvalue weighted by molar-refractivity contribution is 0.181. The van der Waals surface area contributed by atoms with Crippen molar-refractivity contribution < 1.29 is 9.84 Å². The van der Waals surface area contributed by atoms with E-state index in [-0.39, 0.29) is 5.60 Å². The quantitative estimate of drug-likeness (QED) is 0.609. The molecule has 1 saturated carbocycles. The van der Waals surface area contributed by atoms with Crippen molar-refractivity contribution in [1.29, 1.82) is 0 Å². The second-order valence-corrected chi connectivity index (χ2v) is 6.07. The van der Waals surface area contributed by atoms with Crippen LogP contribution in [0.2, 0.25) is 0 Å². The Bertz CT molecular complexity index is 264. The molecule has 18 heavy (non-hydrogen) atoms. The highest BCUT2D eigenvalue weighted by atomic mass is 16.6. The first-order valence-electron chi connectivity index (χ1n) is 7.39. The Labute approximate surface area is 112 Å². The maximum atomic E-state index is 7.00. The SMILES string of the molecule is C/C(=C\CCC(C)C)C1CCCCC12CO2.CO. The highest BCUT2D eigenvalue weighted by molar-refractivity contribution is 5.16. The van der Waals surface area contributed by atoms with Gasteiger partial charge >= 0.3 is 0 Å². The van der Waals surface area contributed by atoms with Crippen LogP contribution >= 0.6 is 0 Å².